The van der Waals surface area contributed by atoms with E-state index in [1.165, 1.54) is 5.56 Å². The third-order valence-corrected chi connectivity index (χ3v) is 4.49. The van der Waals surface area contributed by atoms with E-state index in [2.05, 4.69) is 15.9 Å². The average molecular weight is 278 g/mol. The number of halogens is 1. The Labute approximate surface area is 97.3 Å². The maximum Gasteiger partial charge on any atom is 0.0763 e. The maximum absolute atomic E-state index is 9.81. The van der Waals surface area contributed by atoms with Crippen LogP contribution in [0.2, 0.25) is 0 Å². The van der Waals surface area contributed by atoms with Crippen molar-refractivity contribution >= 4 is 27.3 Å². The van der Waals surface area contributed by atoms with E-state index in [0.29, 0.717) is 0 Å². The quantitative estimate of drug-likeness (QED) is 0.893. The Hall–Kier alpha value is 0.100. The van der Waals surface area contributed by atoms with Gasteiger partial charge in [0.05, 0.1) is 15.9 Å². The van der Waals surface area contributed by atoms with Crippen molar-refractivity contribution in [2.75, 3.05) is 0 Å². The highest BCUT2D eigenvalue weighted by molar-refractivity contribution is 9.11. The minimum atomic E-state index is -0.472. The van der Waals surface area contributed by atoms with Gasteiger partial charge in [-0.3, -0.25) is 0 Å². The lowest BCUT2D eigenvalue weighted by Gasteiger charge is -2.20. The predicted octanol–water partition coefficient (Wildman–Crippen LogP) is 2.84. The van der Waals surface area contributed by atoms with Gasteiger partial charge in [-0.05, 0) is 40.4 Å². The highest BCUT2D eigenvalue weighted by Crippen LogP contribution is 2.32. The summed E-state index contributed by atoms with van der Waals surface area (Å²) in [5.41, 5.74) is 7.14. The molecule has 0 aliphatic heterocycles. The molecule has 0 aliphatic rings. The summed E-state index contributed by atoms with van der Waals surface area (Å²) in [6, 6.07) is 1.76. The molecule has 0 saturated heterocycles. The van der Waals surface area contributed by atoms with Crippen LogP contribution in [0.3, 0.4) is 0 Å². The van der Waals surface area contributed by atoms with E-state index < -0.39 is 6.10 Å². The van der Waals surface area contributed by atoms with Crippen LogP contribution < -0.4 is 5.73 Å². The van der Waals surface area contributed by atoms with Gasteiger partial charge in [0.15, 0.2) is 0 Å². The van der Waals surface area contributed by atoms with Crippen LogP contribution in [0.25, 0.3) is 0 Å². The Morgan fingerprint density at radius 1 is 1.50 bits per heavy atom. The molecule has 4 heteroatoms. The van der Waals surface area contributed by atoms with Crippen molar-refractivity contribution in [2.45, 2.75) is 32.9 Å². The Morgan fingerprint density at radius 3 is 2.43 bits per heavy atom. The van der Waals surface area contributed by atoms with Crippen molar-refractivity contribution in [2.24, 2.45) is 11.7 Å². The molecule has 0 radical (unpaired) electrons. The molecule has 2 unspecified atom stereocenters. The number of hydrogen-bond donors (Lipinski definition) is 2. The Kier molecular flexibility index (Phi) is 4.13. The van der Waals surface area contributed by atoms with E-state index in [1.54, 1.807) is 11.3 Å². The van der Waals surface area contributed by atoms with Gasteiger partial charge >= 0.3 is 0 Å². The molecular weight excluding hydrogens is 262 g/mol. The van der Waals surface area contributed by atoms with Gasteiger partial charge in [0, 0.05) is 4.88 Å². The van der Waals surface area contributed by atoms with Crippen molar-refractivity contribution in [3.8, 4) is 0 Å². The van der Waals surface area contributed by atoms with Crippen LogP contribution in [0.15, 0.2) is 9.85 Å². The number of nitrogens with two attached hydrogens (primary N) is 1. The summed E-state index contributed by atoms with van der Waals surface area (Å²) in [6.45, 7) is 5.97. The lowest BCUT2D eigenvalue weighted by molar-refractivity contribution is 0.0991. The second-order valence-electron chi connectivity index (χ2n) is 3.87. The van der Waals surface area contributed by atoms with E-state index in [4.69, 9.17) is 5.73 Å². The molecule has 1 rings (SSSR count). The zero-order chi connectivity index (χ0) is 10.9. The lowest BCUT2D eigenvalue weighted by atomic mass is 9.99. The fourth-order valence-corrected chi connectivity index (χ4v) is 2.84. The molecule has 0 aromatic carbocycles. The highest BCUT2D eigenvalue weighted by Gasteiger charge is 2.22. The van der Waals surface area contributed by atoms with Crippen molar-refractivity contribution in [3.05, 3.63) is 20.3 Å². The highest BCUT2D eigenvalue weighted by atomic mass is 79.9. The van der Waals surface area contributed by atoms with Gasteiger partial charge in [-0.1, -0.05) is 13.8 Å². The number of thiophene rings is 1. The van der Waals surface area contributed by atoms with E-state index in [1.807, 2.05) is 26.8 Å². The summed E-state index contributed by atoms with van der Waals surface area (Å²) in [5, 5.41) is 9.81. The van der Waals surface area contributed by atoms with Crippen LogP contribution in [0.1, 0.15) is 30.3 Å². The summed E-state index contributed by atoms with van der Waals surface area (Å²) in [6.07, 6.45) is -0.472. The first kappa shape index (κ1) is 12.2. The molecule has 3 N–H and O–H groups in total. The topological polar surface area (TPSA) is 46.2 Å². The van der Waals surface area contributed by atoms with Gasteiger partial charge in [-0.25, -0.2) is 0 Å². The van der Waals surface area contributed by atoms with E-state index in [9.17, 15) is 5.11 Å². The Morgan fingerprint density at radius 2 is 2.07 bits per heavy atom. The van der Waals surface area contributed by atoms with E-state index in [-0.39, 0.29) is 12.0 Å². The standard InChI is InChI=1S/C10H16BrNOS/c1-5(2)9(13)8(12)7-4-6(3)10(11)14-7/h4-5,8-9,13H,12H2,1-3H3. The molecule has 0 bridgehead atoms. The third-order valence-electron chi connectivity index (χ3n) is 2.26. The third kappa shape index (κ3) is 2.57. The number of aliphatic hydroxyl groups excluding tert-OH is 1. The molecule has 1 aromatic rings. The van der Waals surface area contributed by atoms with E-state index in [0.717, 1.165) is 8.66 Å². The molecule has 1 heterocycles. The van der Waals surface area contributed by atoms with Crippen LogP contribution in [0.4, 0.5) is 0 Å². The summed E-state index contributed by atoms with van der Waals surface area (Å²) in [7, 11) is 0. The normalized spacial score (nSPS) is 15.9. The lowest BCUT2D eigenvalue weighted by Crippen LogP contribution is -2.29. The first-order chi connectivity index (χ1) is 6.43. The average Bonchev–Trinajstić information content (AvgIpc) is 2.44. The van der Waals surface area contributed by atoms with E-state index >= 15 is 0 Å². The van der Waals surface area contributed by atoms with Gasteiger partial charge in [0.2, 0.25) is 0 Å². The maximum atomic E-state index is 9.81. The van der Waals surface area contributed by atoms with Gasteiger partial charge in [0.25, 0.3) is 0 Å². The van der Waals surface area contributed by atoms with Gasteiger partial charge in [-0.2, -0.15) is 0 Å². The van der Waals surface area contributed by atoms with Crippen molar-refractivity contribution in [1.29, 1.82) is 0 Å². The minimum Gasteiger partial charge on any atom is -0.391 e. The molecule has 0 aliphatic carbocycles. The molecule has 2 nitrogen and oxygen atoms in total. The van der Waals surface area contributed by atoms with Crippen LogP contribution in [0.5, 0.6) is 0 Å². The largest absolute Gasteiger partial charge is 0.391 e. The second-order valence-corrected chi connectivity index (χ2v) is 6.27. The molecule has 0 amide bonds. The molecule has 0 spiro atoms. The zero-order valence-electron chi connectivity index (χ0n) is 8.62. The predicted molar refractivity (Wildman–Crippen MR) is 64.5 cm³/mol. The molecule has 0 saturated carbocycles. The van der Waals surface area contributed by atoms with Crippen molar-refractivity contribution < 1.29 is 5.11 Å². The summed E-state index contributed by atoms with van der Waals surface area (Å²) >= 11 is 5.05. The minimum absolute atomic E-state index is 0.186. The molecule has 1 aromatic heterocycles. The molecule has 0 fully saturated rings. The molecule has 80 valence electrons. The van der Waals surface area contributed by atoms with Gasteiger partial charge in [-0.15, -0.1) is 11.3 Å². The van der Waals surface area contributed by atoms with Crippen LogP contribution in [0, 0.1) is 12.8 Å². The number of aryl methyl sites for hydroxylation is 1. The monoisotopic (exact) mass is 277 g/mol. The number of rotatable bonds is 3. The summed E-state index contributed by atoms with van der Waals surface area (Å²) < 4.78 is 1.10. The van der Waals surface area contributed by atoms with Gasteiger partial charge < -0.3 is 10.8 Å². The van der Waals surface area contributed by atoms with Crippen LogP contribution in [-0.2, 0) is 0 Å². The first-order valence-corrected chi connectivity index (χ1v) is 6.24. The summed E-state index contributed by atoms with van der Waals surface area (Å²) in [5.74, 6) is 0.186. The Balaban J connectivity index is 2.83. The summed E-state index contributed by atoms with van der Waals surface area (Å²) in [4.78, 5) is 1.04. The smallest absolute Gasteiger partial charge is 0.0763 e. The molecule has 14 heavy (non-hydrogen) atoms. The second kappa shape index (κ2) is 4.75. The van der Waals surface area contributed by atoms with Crippen LogP contribution in [-0.4, -0.2) is 11.2 Å². The molecular formula is C10H16BrNOS. The SMILES string of the molecule is Cc1cc(C(N)C(O)C(C)C)sc1Br. The zero-order valence-corrected chi connectivity index (χ0v) is 11.0. The van der Waals surface area contributed by atoms with Crippen molar-refractivity contribution in [3.63, 3.8) is 0 Å². The first-order valence-electron chi connectivity index (χ1n) is 4.63. The fraction of sp³-hybridized carbons (Fsp3) is 0.600. The number of hydrogen-bond acceptors (Lipinski definition) is 3. The Bertz CT molecular complexity index is 292. The van der Waals surface area contributed by atoms with Crippen LogP contribution >= 0.6 is 27.3 Å². The number of aliphatic hydroxyl groups is 1. The fourth-order valence-electron chi connectivity index (χ4n) is 1.23. The molecule has 2 atom stereocenters. The van der Waals surface area contributed by atoms with Crippen molar-refractivity contribution in [1.82, 2.24) is 0 Å². The van der Waals surface area contributed by atoms with Gasteiger partial charge in [0.1, 0.15) is 0 Å².